The van der Waals surface area contributed by atoms with E-state index >= 15 is 0 Å². The lowest BCUT2D eigenvalue weighted by Crippen LogP contribution is -2.33. The van der Waals surface area contributed by atoms with Crippen LogP contribution in [0.2, 0.25) is 0 Å². The van der Waals surface area contributed by atoms with Gasteiger partial charge in [-0.3, -0.25) is 14.1 Å². The number of aryl methyl sites for hydroxylation is 3. The summed E-state index contributed by atoms with van der Waals surface area (Å²) in [7, 11) is 2.19. The number of hydrogen-bond donors (Lipinski definition) is 0. The first kappa shape index (κ1) is 17.5. The summed E-state index contributed by atoms with van der Waals surface area (Å²) >= 11 is 0. The molecular weight excluding hydrogens is 328 g/mol. The molecule has 142 valence electrons. The quantitative estimate of drug-likeness (QED) is 0.790. The molecule has 0 saturated heterocycles. The first-order chi connectivity index (χ1) is 12.5. The van der Waals surface area contributed by atoms with Gasteiger partial charge in [-0.05, 0) is 52.5 Å². The minimum Gasteiger partial charge on any atom is -0.299 e. The van der Waals surface area contributed by atoms with E-state index in [1.807, 2.05) is 9.25 Å². The molecule has 0 bridgehead atoms. The Balaban J connectivity index is 1.41. The number of rotatable bonds is 6. The Kier molecular flexibility index (Phi) is 4.73. The van der Waals surface area contributed by atoms with Crippen molar-refractivity contribution in [3.63, 3.8) is 0 Å². The fourth-order valence-corrected chi connectivity index (χ4v) is 3.99. The summed E-state index contributed by atoms with van der Waals surface area (Å²) in [5.74, 6) is 1.65. The molecule has 7 nitrogen and oxygen atoms in total. The largest absolute Gasteiger partial charge is 0.345 e. The van der Waals surface area contributed by atoms with Crippen molar-refractivity contribution >= 4 is 0 Å². The normalized spacial score (nSPS) is 20.4. The fourth-order valence-electron chi connectivity index (χ4n) is 3.99. The standard InChI is InChI=1S/C19H30N6O/c1-4-23-13-16(14(2)20-23)12-22(3)17-7-8-18-21-25(11-15-5-6-15)19(26)24(18)10-9-17/h13,15,17H,4-12H2,1-3H3. The van der Waals surface area contributed by atoms with E-state index < -0.39 is 0 Å². The first-order valence-corrected chi connectivity index (χ1v) is 9.94. The van der Waals surface area contributed by atoms with Gasteiger partial charge in [-0.15, -0.1) is 0 Å². The van der Waals surface area contributed by atoms with Crippen molar-refractivity contribution in [3.05, 3.63) is 33.8 Å². The summed E-state index contributed by atoms with van der Waals surface area (Å²) in [6.45, 7) is 7.60. The third-order valence-electron chi connectivity index (χ3n) is 5.93. The molecule has 0 amide bonds. The van der Waals surface area contributed by atoms with Crippen molar-refractivity contribution in [3.8, 4) is 0 Å². The minimum atomic E-state index is 0.0928. The van der Waals surface area contributed by atoms with Crippen LogP contribution in [-0.4, -0.2) is 42.1 Å². The molecule has 0 spiro atoms. The minimum absolute atomic E-state index is 0.0928. The van der Waals surface area contributed by atoms with E-state index in [4.69, 9.17) is 0 Å². The maximum absolute atomic E-state index is 12.6. The van der Waals surface area contributed by atoms with Crippen molar-refractivity contribution in [1.29, 1.82) is 0 Å². The highest BCUT2D eigenvalue weighted by Crippen LogP contribution is 2.30. The summed E-state index contributed by atoms with van der Waals surface area (Å²) in [6.07, 6.45) is 7.58. The van der Waals surface area contributed by atoms with Gasteiger partial charge < -0.3 is 0 Å². The molecule has 2 aromatic heterocycles. The SMILES string of the molecule is CCn1cc(CN(C)C2CCc3nn(CC4CC4)c(=O)n3CC2)c(C)n1. The second-order valence-corrected chi connectivity index (χ2v) is 7.97. The predicted molar refractivity (Wildman–Crippen MR) is 100 cm³/mol. The van der Waals surface area contributed by atoms with Gasteiger partial charge in [0.1, 0.15) is 5.82 Å². The molecule has 0 radical (unpaired) electrons. The van der Waals surface area contributed by atoms with Crippen LogP contribution in [0.3, 0.4) is 0 Å². The Morgan fingerprint density at radius 3 is 2.73 bits per heavy atom. The van der Waals surface area contributed by atoms with Crippen LogP contribution in [0.25, 0.3) is 0 Å². The van der Waals surface area contributed by atoms with Gasteiger partial charge >= 0.3 is 5.69 Å². The van der Waals surface area contributed by atoms with Crippen molar-refractivity contribution in [2.24, 2.45) is 5.92 Å². The molecule has 26 heavy (non-hydrogen) atoms. The molecule has 0 N–H and O–H groups in total. The molecular formula is C19H30N6O. The predicted octanol–water partition coefficient (Wildman–Crippen LogP) is 1.82. The molecule has 2 aromatic rings. The van der Waals surface area contributed by atoms with Crippen LogP contribution in [0.15, 0.2) is 11.0 Å². The second kappa shape index (κ2) is 7.02. The van der Waals surface area contributed by atoms with Gasteiger partial charge in [0, 0.05) is 50.4 Å². The number of aromatic nitrogens is 5. The highest BCUT2D eigenvalue weighted by molar-refractivity contribution is 5.15. The highest BCUT2D eigenvalue weighted by Gasteiger charge is 2.27. The number of hydrogen-bond acceptors (Lipinski definition) is 4. The van der Waals surface area contributed by atoms with Gasteiger partial charge in [0.25, 0.3) is 0 Å². The van der Waals surface area contributed by atoms with Crippen LogP contribution in [0.4, 0.5) is 0 Å². The lowest BCUT2D eigenvalue weighted by Gasteiger charge is -2.26. The Bertz CT molecular complexity index is 828. The zero-order chi connectivity index (χ0) is 18.3. The van der Waals surface area contributed by atoms with E-state index in [0.29, 0.717) is 12.0 Å². The molecule has 4 rings (SSSR count). The monoisotopic (exact) mass is 358 g/mol. The van der Waals surface area contributed by atoms with Gasteiger partial charge in [-0.2, -0.15) is 10.2 Å². The molecule has 7 heteroatoms. The molecule has 1 unspecified atom stereocenters. The van der Waals surface area contributed by atoms with E-state index in [0.717, 1.165) is 57.0 Å². The second-order valence-electron chi connectivity index (χ2n) is 7.97. The summed E-state index contributed by atoms with van der Waals surface area (Å²) in [5.41, 5.74) is 2.50. The van der Waals surface area contributed by atoms with Crippen LogP contribution in [0.1, 0.15) is 49.7 Å². The van der Waals surface area contributed by atoms with Gasteiger partial charge in [-0.1, -0.05) is 0 Å². The van der Waals surface area contributed by atoms with Gasteiger partial charge in [0.2, 0.25) is 0 Å². The van der Waals surface area contributed by atoms with E-state index in [1.165, 1.54) is 18.4 Å². The van der Waals surface area contributed by atoms with E-state index in [-0.39, 0.29) is 5.69 Å². The average molecular weight is 358 g/mol. The molecule has 1 fully saturated rings. The van der Waals surface area contributed by atoms with Gasteiger partial charge in [-0.25, -0.2) is 9.48 Å². The first-order valence-electron chi connectivity index (χ1n) is 9.94. The Labute approximate surface area is 154 Å². The highest BCUT2D eigenvalue weighted by atomic mass is 16.2. The molecule has 1 atom stereocenters. The number of nitrogens with zero attached hydrogens (tertiary/aromatic N) is 6. The molecule has 1 saturated carbocycles. The van der Waals surface area contributed by atoms with Crippen LogP contribution < -0.4 is 5.69 Å². The Morgan fingerprint density at radius 2 is 2.04 bits per heavy atom. The molecule has 1 aliphatic heterocycles. The summed E-state index contributed by atoms with van der Waals surface area (Å²) in [6, 6.07) is 0.470. The third-order valence-corrected chi connectivity index (χ3v) is 5.93. The topological polar surface area (TPSA) is 60.9 Å². The summed E-state index contributed by atoms with van der Waals surface area (Å²) < 4.78 is 5.62. The van der Waals surface area contributed by atoms with Gasteiger partial charge in [0.15, 0.2) is 0 Å². The Morgan fingerprint density at radius 1 is 1.23 bits per heavy atom. The van der Waals surface area contributed by atoms with Crippen molar-refractivity contribution in [2.75, 3.05) is 7.05 Å². The maximum atomic E-state index is 12.6. The van der Waals surface area contributed by atoms with E-state index in [2.05, 4.69) is 42.2 Å². The fraction of sp³-hybridized carbons (Fsp3) is 0.737. The van der Waals surface area contributed by atoms with Crippen molar-refractivity contribution < 1.29 is 0 Å². The zero-order valence-electron chi connectivity index (χ0n) is 16.2. The third kappa shape index (κ3) is 3.49. The number of fused-ring (bicyclic) bond motifs is 1. The average Bonchev–Trinajstić information content (AvgIpc) is 3.35. The zero-order valence-corrected chi connectivity index (χ0v) is 16.2. The molecule has 1 aliphatic carbocycles. The van der Waals surface area contributed by atoms with Crippen molar-refractivity contribution in [1.82, 2.24) is 29.0 Å². The van der Waals surface area contributed by atoms with E-state index in [9.17, 15) is 4.79 Å². The lowest BCUT2D eigenvalue weighted by molar-refractivity contribution is 0.209. The molecule has 3 heterocycles. The molecule has 2 aliphatic rings. The Hall–Kier alpha value is -1.89. The van der Waals surface area contributed by atoms with Crippen LogP contribution in [-0.2, 0) is 32.6 Å². The molecule has 0 aromatic carbocycles. The summed E-state index contributed by atoms with van der Waals surface area (Å²) in [4.78, 5) is 15.0. The van der Waals surface area contributed by atoms with Crippen molar-refractivity contribution in [2.45, 2.75) is 78.2 Å². The van der Waals surface area contributed by atoms with E-state index in [1.54, 1.807) is 4.68 Å². The smallest absolute Gasteiger partial charge is 0.299 e. The maximum Gasteiger partial charge on any atom is 0.345 e. The lowest BCUT2D eigenvalue weighted by atomic mass is 10.1. The summed E-state index contributed by atoms with van der Waals surface area (Å²) in [5, 5.41) is 9.18. The van der Waals surface area contributed by atoms with Gasteiger partial charge in [0.05, 0.1) is 5.69 Å². The van der Waals surface area contributed by atoms with Crippen LogP contribution >= 0.6 is 0 Å². The van der Waals surface area contributed by atoms with Crippen LogP contribution in [0, 0.1) is 12.8 Å². The van der Waals surface area contributed by atoms with Crippen LogP contribution in [0.5, 0.6) is 0 Å².